The van der Waals surface area contributed by atoms with E-state index in [0.717, 1.165) is 5.76 Å². The van der Waals surface area contributed by atoms with Crippen LogP contribution < -0.4 is 5.32 Å². The van der Waals surface area contributed by atoms with E-state index >= 15 is 0 Å². The minimum atomic E-state index is 0.451. The van der Waals surface area contributed by atoms with E-state index in [0.29, 0.717) is 17.2 Å². The third-order valence-corrected chi connectivity index (χ3v) is 1.82. The molecule has 0 aliphatic heterocycles. The topological polar surface area (TPSA) is 79.6 Å². The van der Waals surface area contributed by atoms with Crippen molar-refractivity contribution >= 4 is 21.9 Å². The molecule has 0 aliphatic carbocycles. The highest BCUT2D eigenvalue weighted by molar-refractivity contribution is 9.10. The molecule has 0 bridgehead atoms. The van der Waals surface area contributed by atoms with Gasteiger partial charge >= 0.3 is 0 Å². The van der Waals surface area contributed by atoms with E-state index in [-0.39, 0.29) is 0 Å². The highest BCUT2D eigenvalue weighted by atomic mass is 79.9. The Hall–Kier alpha value is -1.37. The van der Waals surface area contributed by atoms with E-state index in [1.54, 1.807) is 0 Å². The number of H-pyrrole nitrogens is 1. The molecule has 0 saturated carbocycles. The average molecular weight is 244 g/mol. The van der Waals surface area contributed by atoms with Crippen molar-refractivity contribution in [2.24, 2.45) is 0 Å². The smallest absolute Gasteiger partial charge is 0.263 e. The van der Waals surface area contributed by atoms with Gasteiger partial charge < -0.3 is 9.73 Å². The Labute approximate surface area is 81.8 Å². The Kier molecular flexibility index (Phi) is 2.26. The normalized spacial score (nSPS) is 10.2. The number of halogens is 1. The van der Waals surface area contributed by atoms with Gasteiger partial charge in [0, 0.05) is 0 Å². The highest BCUT2D eigenvalue weighted by Crippen LogP contribution is 2.14. The maximum absolute atomic E-state index is 5.25. The summed E-state index contributed by atoms with van der Waals surface area (Å²) in [5, 5.41) is 16.1. The molecule has 2 rings (SSSR count). The Morgan fingerprint density at radius 1 is 1.54 bits per heavy atom. The summed E-state index contributed by atoms with van der Waals surface area (Å²) in [4.78, 5) is 0. The minimum Gasteiger partial charge on any atom is -0.452 e. The number of furan rings is 1. The van der Waals surface area contributed by atoms with E-state index in [4.69, 9.17) is 4.42 Å². The van der Waals surface area contributed by atoms with Gasteiger partial charge in [-0.15, -0.1) is 5.10 Å². The first-order valence-electron chi connectivity index (χ1n) is 3.56. The third kappa shape index (κ3) is 2.05. The Morgan fingerprint density at radius 2 is 2.46 bits per heavy atom. The van der Waals surface area contributed by atoms with E-state index in [2.05, 4.69) is 41.9 Å². The molecule has 0 radical (unpaired) electrons. The molecular formula is C6H6BrN5O. The molecule has 2 heterocycles. The lowest BCUT2D eigenvalue weighted by atomic mass is 10.4. The van der Waals surface area contributed by atoms with Crippen LogP contribution in [0.2, 0.25) is 0 Å². The number of nitrogens with zero attached hydrogens (tertiary/aromatic N) is 3. The van der Waals surface area contributed by atoms with Gasteiger partial charge in [0.25, 0.3) is 5.95 Å². The molecule has 13 heavy (non-hydrogen) atoms. The van der Waals surface area contributed by atoms with Crippen molar-refractivity contribution in [1.29, 1.82) is 0 Å². The second-order valence-electron chi connectivity index (χ2n) is 2.29. The van der Waals surface area contributed by atoms with E-state index < -0.39 is 0 Å². The number of anilines is 1. The molecule has 0 amide bonds. The van der Waals surface area contributed by atoms with Crippen LogP contribution in [0, 0.1) is 0 Å². The lowest BCUT2D eigenvalue weighted by Crippen LogP contribution is -1.99. The van der Waals surface area contributed by atoms with Gasteiger partial charge in [-0.2, -0.15) is 5.21 Å². The number of rotatable bonds is 3. The van der Waals surface area contributed by atoms with Crippen LogP contribution >= 0.6 is 15.9 Å². The quantitative estimate of drug-likeness (QED) is 0.846. The number of aromatic nitrogens is 4. The maximum Gasteiger partial charge on any atom is 0.263 e. The molecule has 2 aromatic heterocycles. The predicted molar refractivity (Wildman–Crippen MR) is 47.9 cm³/mol. The molecule has 0 fully saturated rings. The van der Waals surface area contributed by atoms with Crippen molar-refractivity contribution in [2.45, 2.75) is 6.54 Å². The summed E-state index contributed by atoms with van der Waals surface area (Å²) < 4.78 is 5.96. The van der Waals surface area contributed by atoms with Crippen molar-refractivity contribution in [1.82, 2.24) is 20.6 Å². The molecule has 0 unspecified atom stereocenters. The minimum absolute atomic E-state index is 0.451. The highest BCUT2D eigenvalue weighted by Gasteiger charge is 2.00. The molecule has 0 aliphatic rings. The van der Waals surface area contributed by atoms with Crippen LogP contribution in [0.3, 0.4) is 0 Å². The molecule has 0 spiro atoms. The lowest BCUT2D eigenvalue weighted by Gasteiger charge is -1.95. The van der Waals surface area contributed by atoms with E-state index in [1.165, 1.54) is 0 Å². The molecule has 7 heteroatoms. The molecule has 0 aromatic carbocycles. The Bertz CT molecular complexity index is 370. The second kappa shape index (κ2) is 3.56. The van der Waals surface area contributed by atoms with Crippen LogP contribution in [0.25, 0.3) is 0 Å². The molecule has 2 N–H and O–H groups in total. The number of tetrazole rings is 1. The second-order valence-corrected chi connectivity index (χ2v) is 3.08. The fourth-order valence-corrected chi connectivity index (χ4v) is 1.19. The monoisotopic (exact) mass is 243 g/mol. The van der Waals surface area contributed by atoms with Crippen molar-refractivity contribution in [3.05, 3.63) is 22.6 Å². The number of nitrogens with one attached hydrogen (secondary N) is 2. The van der Waals surface area contributed by atoms with Crippen molar-refractivity contribution in [3.63, 3.8) is 0 Å². The van der Waals surface area contributed by atoms with Gasteiger partial charge in [-0.05, 0) is 33.3 Å². The summed E-state index contributed by atoms with van der Waals surface area (Å²) in [6, 6.07) is 3.68. The van der Waals surface area contributed by atoms with Crippen molar-refractivity contribution in [2.75, 3.05) is 5.32 Å². The van der Waals surface area contributed by atoms with Crippen molar-refractivity contribution < 1.29 is 4.42 Å². The Morgan fingerprint density at radius 3 is 3.08 bits per heavy atom. The zero-order valence-corrected chi connectivity index (χ0v) is 8.08. The largest absolute Gasteiger partial charge is 0.452 e. The summed E-state index contributed by atoms with van der Waals surface area (Å²) >= 11 is 3.21. The van der Waals surface area contributed by atoms with Crippen LogP contribution in [-0.2, 0) is 6.54 Å². The van der Waals surface area contributed by atoms with Gasteiger partial charge in [0.05, 0.1) is 6.54 Å². The van der Waals surface area contributed by atoms with Gasteiger partial charge in [-0.1, -0.05) is 5.10 Å². The molecule has 2 aromatic rings. The summed E-state index contributed by atoms with van der Waals surface area (Å²) in [5.41, 5.74) is 0. The molecule has 68 valence electrons. The standard InChI is InChI=1S/C6H6BrN5O/c7-5-2-1-4(13-5)3-8-6-9-11-12-10-6/h1-2H,3H2,(H2,8,9,10,11,12). The zero-order chi connectivity index (χ0) is 9.10. The zero-order valence-electron chi connectivity index (χ0n) is 6.49. The number of hydrogen-bond donors (Lipinski definition) is 2. The van der Waals surface area contributed by atoms with Crippen LogP contribution in [0.15, 0.2) is 21.2 Å². The first-order chi connectivity index (χ1) is 6.34. The summed E-state index contributed by atoms with van der Waals surface area (Å²) in [5.74, 6) is 1.25. The van der Waals surface area contributed by atoms with Gasteiger partial charge in [-0.3, -0.25) is 0 Å². The van der Waals surface area contributed by atoms with Gasteiger partial charge in [0.15, 0.2) is 4.67 Å². The van der Waals surface area contributed by atoms with E-state index in [1.807, 2.05) is 12.1 Å². The van der Waals surface area contributed by atoms with Gasteiger partial charge in [0.1, 0.15) is 5.76 Å². The fourth-order valence-electron chi connectivity index (χ4n) is 0.850. The van der Waals surface area contributed by atoms with Crippen LogP contribution in [0.5, 0.6) is 0 Å². The Balaban J connectivity index is 1.93. The van der Waals surface area contributed by atoms with Gasteiger partial charge in [-0.25, -0.2) is 0 Å². The SMILES string of the molecule is Brc1ccc(CNc2nn[nH]n2)o1. The van der Waals surface area contributed by atoms with Crippen LogP contribution in [-0.4, -0.2) is 20.6 Å². The average Bonchev–Trinajstić information content (AvgIpc) is 2.71. The number of hydrogen-bond acceptors (Lipinski definition) is 5. The van der Waals surface area contributed by atoms with E-state index in [9.17, 15) is 0 Å². The molecular weight excluding hydrogens is 238 g/mol. The first kappa shape index (κ1) is 8.24. The predicted octanol–water partition coefficient (Wildman–Crippen LogP) is 1.17. The lowest BCUT2D eigenvalue weighted by molar-refractivity contribution is 0.495. The molecule has 0 atom stereocenters. The summed E-state index contributed by atoms with van der Waals surface area (Å²) in [7, 11) is 0. The molecule has 6 nitrogen and oxygen atoms in total. The van der Waals surface area contributed by atoms with Crippen LogP contribution in [0.1, 0.15) is 5.76 Å². The first-order valence-corrected chi connectivity index (χ1v) is 4.35. The van der Waals surface area contributed by atoms with Gasteiger partial charge in [0.2, 0.25) is 0 Å². The summed E-state index contributed by atoms with van der Waals surface area (Å²) in [6.07, 6.45) is 0. The molecule has 0 saturated heterocycles. The van der Waals surface area contributed by atoms with Crippen molar-refractivity contribution in [3.8, 4) is 0 Å². The van der Waals surface area contributed by atoms with Crippen LogP contribution in [0.4, 0.5) is 5.95 Å². The number of aromatic amines is 1. The fraction of sp³-hybridized carbons (Fsp3) is 0.167. The third-order valence-electron chi connectivity index (χ3n) is 1.39. The summed E-state index contributed by atoms with van der Waals surface area (Å²) in [6.45, 7) is 0.533. The maximum atomic E-state index is 5.25.